The van der Waals surface area contributed by atoms with Crippen molar-refractivity contribution < 1.29 is 0 Å². The van der Waals surface area contributed by atoms with Crippen LogP contribution in [0.1, 0.15) is 49.9 Å². The van der Waals surface area contributed by atoms with Crippen LogP contribution in [0.15, 0.2) is 194 Å². The quantitative estimate of drug-likeness (QED) is 0.164. The predicted molar refractivity (Wildman–Crippen MR) is 273 cm³/mol. The minimum Gasteiger partial charge on any atom is -0.310 e. The lowest BCUT2D eigenvalue weighted by Gasteiger charge is -2.43. The molecule has 2 aliphatic rings. The molecule has 2 nitrogen and oxygen atoms in total. The molecular weight excluding hydrogens is 773 g/mol. The van der Waals surface area contributed by atoms with Crippen molar-refractivity contribution in [1.29, 1.82) is 0 Å². The van der Waals surface area contributed by atoms with Gasteiger partial charge < -0.3 is 9.80 Å². The molecule has 14 rings (SSSR count). The second kappa shape index (κ2) is 12.5. The summed E-state index contributed by atoms with van der Waals surface area (Å²) in [6.45, 7) is 9.58. The molecule has 0 radical (unpaired) electrons. The Balaban J connectivity index is 0.930. The molecule has 0 spiro atoms. The first-order chi connectivity index (χ1) is 31.2. The van der Waals surface area contributed by atoms with Crippen molar-refractivity contribution in [2.24, 2.45) is 0 Å². The number of hydrogen-bond acceptors (Lipinski definition) is 2. The molecule has 2 heterocycles. The fraction of sp³-hybridized carbons (Fsp3) is 0.0968. The Hall–Kier alpha value is -7.68. The third-order valence-corrected chi connectivity index (χ3v) is 15.2. The third-order valence-electron chi connectivity index (χ3n) is 15.2. The van der Waals surface area contributed by atoms with Gasteiger partial charge in [-0.05, 0) is 159 Å². The van der Waals surface area contributed by atoms with Gasteiger partial charge in [-0.2, -0.15) is 0 Å². The van der Waals surface area contributed by atoms with Crippen LogP contribution in [-0.2, 0) is 10.8 Å². The fourth-order valence-electron chi connectivity index (χ4n) is 12.1. The van der Waals surface area contributed by atoms with E-state index in [1.54, 1.807) is 0 Å². The summed E-state index contributed by atoms with van der Waals surface area (Å²) in [6, 6.07) is 73.6. The smallest absolute Gasteiger partial charge is 0.0503 e. The van der Waals surface area contributed by atoms with E-state index in [1.807, 2.05) is 0 Å². The monoisotopic (exact) mass is 816 g/mol. The molecule has 0 saturated carbocycles. The van der Waals surface area contributed by atoms with Gasteiger partial charge in [0.05, 0.1) is 22.7 Å². The van der Waals surface area contributed by atoms with Crippen molar-refractivity contribution >= 4 is 98.8 Å². The van der Waals surface area contributed by atoms with Gasteiger partial charge in [0.1, 0.15) is 0 Å². The minimum atomic E-state index is -0.227. The highest BCUT2D eigenvalue weighted by atomic mass is 15.2. The molecular formula is C62H44N2. The Bertz CT molecular complexity index is 3540. The summed E-state index contributed by atoms with van der Waals surface area (Å²) in [7, 11) is 0. The van der Waals surface area contributed by atoms with Crippen LogP contribution in [-0.4, -0.2) is 0 Å². The van der Waals surface area contributed by atoms with Gasteiger partial charge in [-0.25, -0.2) is 0 Å². The molecule has 0 aliphatic carbocycles. The minimum absolute atomic E-state index is 0.227. The predicted octanol–water partition coefficient (Wildman–Crippen LogP) is 17.4. The van der Waals surface area contributed by atoms with Crippen LogP contribution in [0.4, 0.5) is 34.1 Å². The van der Waals surface area contributed by atoms with E-state index in [2.05, 4.69) is 232 Å². The SMILES string of the molecule is CC1(C)c2ccccc2N(c2cc3ccc4cccc5ccc(c2)c3c45)c2ccc(-c3ccc4c(c3)C(C)(C)c3ccccc3N4c3cc4ccc5cccc6ccc(c3)c4c56)cc21. The molecule has 0 aromatic heterocycles. The Morgan fingerprint density at radius 3 is 0.953 bits per heavy atom. The van der Waals surface area contributed by atoms with E-state index in [-0.39, 0.29) is 10.8 Å². The van der Waals surface area contributed by atoms with Crippen molar-refractivity contribution in [2.75, 3.05) is 9.80 Å². The Labute approximate surface area is 372 Å². The molecule has 64 heavy (non-hydrogen) atoms. The maximum Gasteiger partial charge on any atom is 0.0503 e. The standard InChI is InChI=1S/C62H44N2/c1-61(2)49-15-5-7-17-53(49)63(47-31-43-23-19-37-11-9-12-38-20-24-44(32-47)59(43)57(37)38)55-29-27-41(35-51(55)61)42-28-30-56-52(36-42)62(3,4)50-16-6-8-18-54(50)64(56)48-33-45-25-21-39-13-10-14-40-22-26-46(34-48)60(45)58(39)40/h5-36H,1-4H3. The van der Waals surface area contributed by atoms with Crippen molar-refractivity contribution in [3.05, 3.63) is 216 Å². The van der Waals surface area contributed by atoms with Crippen LogP contribution in [0.3, 0.4) is 0 Å². The molecule has 0 amide bonds. The average molecular weight is 817 g/mol. The van der Waals surface area contributed by atoms with Crippen molar-refractivity contribution in [3.8, 4) is 11.1 Å². The van der Waals surface area contributed by atoms with Crippen LogP contribution in [0, 0.1) is 0 Å². The maximum atomic E-state index is 2.51. The molecule has 0 unspecified atom stereocenters. The summed E-state index contributed by atoms with van der Waals surface area (Å²) >= 11 is 0. The van der Waals surface area contributed by atoms with Crippen molar-refractivity contribution in [2.45, 2.75) is 38.5 Å². The van der Waals surface area contributed by atoms with E-state index in [0.717, 1.165) is 0 Å². The summed E-state index contributed by atoms with van der Waals surface area (Å²) in [5, 5.41) is 15.6. The number of rotatable bonds is 3. The first kappa shape index (κ1) is 35.9. The fourth-order valence-corrected chi connectivity index (χ4v) is 12.1. The van der Waals surface area contributed by atoms with Gasteiger partial charge in [-0.3, -0.25) is 0 Å². The van der Waals surface area contributed by atoms with Crippen LogP contribution in [0.2, 0.25) is 0 Å². The van der Waals surface area contributed by atoms with Crippen molar-refractivity contribution in [3.63, 3.8) is 0 Å². The van der Waals surface area contributed by atoms with E-state index in [0.29, 0.717) is 0 Å². The molecule has 2 heteroatoms. The Kier molecular flexibility index (Phi) is 7.00. The Morgan fingerprint density at radius 1 is 0.266 bits per heavy atom. The van der Waals surface area contributed by atoms with Crippen molar-refractivity contribution in [1.82, 2.24) is 0 Å². The number of para-hydroxylation sites is 2. The van der Waals surface area contributed by atoms with E-state index < -0.39 is 0 Å². The summed E-state index contributed by atoms with van der Waals surface area (Å²) in [4.78, 5) is 5.02. The van der Waals surface area contributed by atoms with E-state index >= 15 is 0 Å². The lowest BCUT2D eigenvalue weighted by Crippen LogP contribution is -2.31. The van der Waals surface area contributed by atoms with Gasteiger partial charge in [-0.15, -0.1) is 0 Å². The highest BCUT2D eigenvalue weighted by Crippen LogP contribution is 2.56. The number of benzene rings is 12. The van der Waals surface area contributed by atoms with Crippen LogP contribution in [0.25, 0.3) is 75.8 Å². The largest absolute Gasteiger partial charge is 0.310 e. The number of anilines is 6. The highest BCUT2D eigenvalue weighted by molar-refractivity contribution is 6.25. The second-order valence-corrected chi connectivity index (χ2v) is 19.4. The zero-order valence-electron chi connectivity index (χ0n) is 36.4. The lowest BCUT2D eigenvalue weighted by atomic mass is 9.71. The highest BCUT2D eigenvalue weighted by Gasteiger charge is 2.39. The molecule has 0 atom stereocenters. The lowest BCUT2D eigenvalue weighted by molar-refractivity contribution is 0.631. The van der Waals surface area contributed by atoms with Crippen LogP contribution >= 0.6 is 0 Å². The molecule has 12 aromatic rings. The molecule has 2 aliphatic heterocycles. The van der Waals surface area contributed by atoms with Gasteiger partial charge in [0.2, 0.25) is 0 Å². The number of fused-ring (bicyclic) bond motifs is 4. The van der Waals surface area contributed by atoms with E-state index in [1.165, 1.54) is 132 Å². The Morgan fingerprint density at radius 2 is 0.578 bits per heavy atom. The molecule has 0 saturated heterocycles. The zero-order valence-corrected chi connectivity index (χ0v) is 36.4. The van der Waals surface area contributed by atoms with E-state index in [9.17, 15) is 0 Å². The van der Waals surface area contributed by atoms with Gasteiger partial charge >= 0.3 is 0 Å². The molecule has 12 aromatic carbocycles. The average Bonchev–Trinajstić information content (AvgIpc) is 3.32. The van der Waals surface area contributed by atoms with Crippen LogP contribution < -0.4 is 9.80 Å². The summed E-state index contributed by atoms with van der Waals surface area (Å²) in [6.07, 6.45) is 0. The zero-order chi connectivity index (χ0) is 42.6. The normalized spacial score (nSPS) is 15.1. The second-order valence-electron chi connectivity index (χ2n) is 19.4. The molecule has 0 N–H and O–H groups in total. The molecule has 0 fully saturated rings. The summed E-state index contributed by atoms with van der Waals surface area (Å²) in [5.74, 6) is 0. The first-order valence-electron chi connectivity index (χ1n) is 22.7. The molecule has 0 bridgehead atoms. The van der Waals surface area contributed by atoms with E-state index in [4.69, 9.17) is 0 Å². The number of hydrogen-bond donors (Lipinski definition) is 0. The van der Waals surface area contributed by atoms with Gasteiger partial charge in [0, 0.05) is 22.2 Å². The van der Waals surface area contributed by atoms with Gasteiger partial charge in [0.25, 0.3) is 0 Å². The van der Waals surface area contributed by atoms with Gasteiger partial charge in [0.15, 0.2) is 0 Å². The van der Waals surface area contributed by atoms with Gasteiger partial charge in [-0.1, -0.05) is 161 Å². The summed E-state index contributed by atoms with van der Waals surface area (Å²) in [5.41, 5.74) is 14.6. The first-order valence-corrected chi connectivity index (χ1v) is 22.7. The third kappa shape index (κ3) is 4.75. The maximum absolute atomic E-state index is 2.51. The topological polar surface area (TPSA) is 6.48 Å². The molecule has 302 valence electrons. The summed E-state index contributed by atoms with van der Waals surface area (Å²) < 4.78 is 0. The number of nitrogens with zero attached hydrogens (tertiary/aromatic N) is 2. The van der Waals surface area contributed by atoms with Crippen LogP contribution in [0.5, 0.6) is 0 Å².